The Labute approximate surface area is 217 Å². The largest absolute Gasteiger partial charge is 0.457 e. The molecule has 3 aromatic rings. The SMILES string of the molecule is CC(C)(C)OC(=O)N1CCC[C@H]1C(=O)c1c(C(=O)OCc2ccccc2)ccc2c1Cc1ccccc1-2. The fourth-order valence-corrected chi connectivity index (χ4v) is 5.21. The number of hydrogen-bond acceptors (Lipinski definition) is 5. The molecule has 0 N–H and O–H groups in total. The van der Waals surface area contributed by atoms with Crippen LogP contribution in [0.4, 0.5) is 4.79 Å². The maximum absolute atomic E-state index is 14.2. The molecule has 1 heterocycles. The van der Waals surface area contributed by atoms with Crippen molar-refractivity contribution in [3.63, 3.8) is 0 Å². The van der Waals surface area contributed by atoms with Gasteiger partial charge in [0.15, 0.2) is 5.78 Å². The number of carbonyl (C=O) groups excluding carboxylic acids is 3. The number of amides is 1. The standard InChI is InChI=1S/C31H31NO5/c1-31(2,3)37-30(35)32-17-9-14-26(32)28(33)27-24(29(34)36-19-20-10-5-4-6-11-20)16-15-23-22-13-8-7-12-21(22)18-25(23)27/h4-8,10-13,15-16,26H,9,14,17-19H2,1-3H3/t26-/m0/s1. The monoisotopic (exact) mass is 497 g/mol. The van der Waals surface area contributed by atoms with E-state index >= 15 is 0 Å². The highest BCUT2D eigenvalue weighted by Crippen LogP contribution is 2.41. The third-order valence-corrected chi connectivity index (χ3v) is 6.85. The maximum atomic E-state index is 14.2. The van der Waals surface area contributed by atoms with Gasteiger partial charge in [0.1, 0.15) is 12.2 Å². The highest BCUT2D eigenvalue weighted by Gasteiger charge is 2.40. The van der Waals surface area contributed by atoms with Crippen LogP contribution in [0, 0.1) is 0 Å². The Kier molecular flexibility index (Phi) is 6.59. The van der Waals surface area contributed by atoms with E-state index in [4.69, 9.17) is 9.47 Å². The number of fused-ring (bicyclic) bond motifs is 3. The minimum absolute atomic E-state index is 0.109. The Morgan fingerprint density at radius 2 is 1.65 bits per heavy atom. The molecule has 1 saturated heterocycles. The third kappa shape index (κ3) is 5.01. The zero-order valence-electron chi connectivity index (χ0n) is 21.5. The van der Waals surface area contributed by atoms with E-state index in [1.54, 1.807) is 26.8 Å². The van der Waals surface area contributed by atoms with E-state index in [9.17, 15) is 14.4 Å². The minimum Gasteiger partial charge on any atom is -0.457 e. The Balaban J connectivity index is 1.51. The van der Waals surface area contributed by atoms with Gasteiger partial charge in [-0.2, -0.15) is 0 Å². The van der Waals surface area contributed by atoms with Crippen LogP contribution in [0.1, 0.15) is 71.0 Å². The van der Waals surface area contributed by atoms with Crippen LogP contribution in [-0.2, 0) is 22.5 Å². The summed E-state index contributed by atoms with van der Waals surface area (Å²) in [6.45, 7) is 5.96. The number of ketones is 1. The molecule has 2 aliphatic rings. The average molecular weight is 498 g/mol. The van der Waals surface area contributed by atoms with Gasteiger partial charge in [-0.1, -0.05) is 60.7 Å². The molecular formula is C31H31NO5. The lowest BCUT2D eigenvalue weighted by Crippen LogP contribution is -2.44. The Hall–Kier alpha value is -3.93. The first-order valence-corrected chi connectivity index (χ1v) is 12.7. The molecular weight excluding hydrogens is 466 g/mol. The van der Waals surface area contributed by atoms with Crippen molar-refractivity contribution in [2.45, 2.75) is 58.3 Å². The summed E-state index contributed by atoms with van der Waals surface area (Å²) >= 11 is 0. The van der Waals surface area contributed by atoms with Crippen LogP contribution in [0.5, 0.6) is 0 Å². The van der Waals surface area contributed by atoms with Crippen molar-refractivity contribution in [1.82, 2.24) is 4.90 Å². The van der Waals surface area contributed by atoms with Gasteiger partial charge in [-0.15, -0.1) is 0 Å². The molecule has 1 fully saturated rings. The molecule has 1 aliphatic carbocycles. The lowest BCUT2D eigenvalue weighted by molar-refractivity contribution is 0.0222. The molecule has 0 radical (unpaired) electrons. The Morgan fingerprint density at radius 3 is 2.41 bits per heavy atom. The molecule has 1 aliphatic heterocycles. The van der Waals surface area contributed by atoms with Crippen molar-refractivity contribution in [3.8, 4) is 11.1 Å². The fraction of sp³-hybridized carbons (Fsp3) is 0.323. The van der Waals surface area contributed by atoms with Gasteiger partial charge >= 0.3 is 12.1 Å². The minimum atomic E-state index is -0.689. The maximum Gasteiger partial charge on any atom is 0.410 e. The molecule has 0 aromatic heterocycles. The second-order valence-electron chi connectivity index (χ2n) is 10.6. The molecule has 0 saturated carbocycles. The van der Waals surface area contributed by atoms with E-state index in [1.165, 1.54) is 4.90 Å². The van der Waals surface area contributed by atoms with Gasteiger partial charge in [0.25, 0.3) is 0 Å². The van der Waals surface area contributed by atoms with Crippen LogP contribution in [0.2, 0.25) is 0 Å². The summed E-state index contributed by atoms with van der Waals surface area (Å²) in [5.41, 5.74) is 4.72. The van der Waals surface area contributed by atoms with Crippen LogP contribution < -0.4 is 0 Å². The lowest BCUT2D eigenvalue weighted by atomic mass is 9.89. The first-order valence-electron chi connectivity index (χ1n) is 12.7. The number of esters is 1. The quantitative estimate of drug-likeness (QED) is 0.243. The predicted molar refractivity (Wildman–Crippen MR) is 141 cm³/mol. The number of benzene rings is 3. The summed E-state index contributed by atoms with van der Waals surface area (Å²) in [7, 11) is 0. The summed E-state index contributed by atoms with van der Waals surface area (Å²) in [6, 6.07) is 20.4. The number of ether oxygens (including phenoxy) is 2. The Morgan fingerprint density at radius 1 is 0.919 bits per heavy atom. The first kappa shape index (κ1) is 24.8. The van der Waals surface area contributed by atoms with Crippen molar-refractivity contribution in [2.75, 3.05) is 6.54 Å². The lowest BCUT2D eigenvalue weighted by Gasteiger charge is -2.28. The molecule has 37 heavy (non-hydrogen) atoms. The number of nitrogens with zero attached hydrogens (tertiary/aromatic N) is 1. The highest BCUT2D eigenvalue weighted by molar-refractivity contribution is 6.12. The van der Waals surface area contributed by atoms with Crippen molar-refractivity contribution in [1.29, 1.82) is 0 Å². The molecule has 6 nitrogen and oxygen atoms in total. The van der Waals surface area contributed by atoms with E-state index in [-0.39, 0.29) is 18.0 Å². The van der Waals surface area contributed by atoms with Crippen molar-refractivity contribution >= 4 is 17.8 Å². The first-order chi connectivity index (χ1) is 17.7. The van der Waals surface area contributed by atoms with Crippen molar-refractivity contribution < 1.29 is 23.9 Å². The molecule has 3 aromatic carbocycles. The molecule has 0 spiro atoms. The van der Waals surface area contributed by atoms with Crippen LogP contribution in [0.15, 0.2) is 66.7 Å². The zero-order valence-corrected chi connectivity index (χ0v) is 21.5. The molecule has 190 valence electrons. The zero-order chi connectivity index (χ0) is 26.2. The number of likely N-dealkylation sites (tertiary alicyclic amines) is 1. The van der Waals surface area contributed by atoms with Crippen molar-refractivity contribution in [2.24, 2.45) is 0 Å². The fourth-order valence-electron chi connectivity index (χ4n) is 5.21. The van der Waals surface area contributed by atoms with E-state index in [2.05, 4.69) is 0 Å². The predicted octanol–water partition coefficient (Wildman–Crippen LogP) is 6.20. The summed E-state index contributed by atoms with van der Waals surface area (Å²) in [5, 5.41) is 0. The highest BCUT2D eigenvalue weighted by atomic mass is 16.6. The average Bonchev–Trinajstić information content (AvgIpc) is 3.51. The van der Waals surface area contributed by atoms with Crippen LogP contribution in [0.25, 0.3) is 11.1 Å². The normalized spacial score (nSPS) is 16.2. The van der Waals surface area contributed by atoms with Gasteiger partial charge < -0.3 is 9.47 Å². The van der Waals surface area contributed by atoms with E-state index in [0.29, 0.717) is 31.4 Å². The van der Waals surface area contributed by atoms with E-state index in [0.717, 1.165) is 27.8 Å². The summed E-state index contributed by atoms with van der Waals surface area (Å²) in [4.78, 5) is 42.0. The second kappa shape index (κ2) is 9.85. The number of rotatable bonds is 5. The van der Waals surface area contributed by atoms with Gasteiger partial charge in [-0.3, -0.25) is 9.69 Å². The van der Waals surface area contributed by atoms with Gasteiger partial charge in [0.2, 0.25) is 0 Å². The van der Waals surface area contributed by atoms with Gasteiger partial charge in [0, 0.05) is 12.1 Å². The Bertz CT molecular complexity index is 1360. The van der Waals surface area contributed by atoms with E-state index in [1.807, 2.05) is 60.7 Å². The summed E-state index contributed by atoms with van der Waals surface area (Å²) in [6.07, 6.45) is 1.25. The molecule has 6 heteroatoms. The van der Waals surface area contributed by atoms with Crippen molar-refractivity contribution in [3.05, 3.63) is 94.5 Å². The summed E-state index contributed by atoms with van der Waals surface area (Å²) < 4.78 is 11.2. The number of Topliss-reactive ketones (excluding diaryl/α,β-unsaturated/α-hetero) is 1. The molecule has 0 bridgehead atoms. The van der Waals surface area contributed by atoms with Crippen LogP contribution in [0.3, 0.4) is 0 Å². The molecule has 5 rings (SSSR count). The number of hydrogen-bond donors (Lipinski definition) is 0. The van der Waals surface area contributed by atoms with Gasteiger partial charge in [0.05, 0.1) is 11.6 Å². The smallest absolute Gasteiger partial charge is 0.410 e. The molecule has 1 atom stereocenters. The van der Waals surface area contributed by atoms with E-state index < -0.39 is 23.7 Å². The number of carbonyl (C=O) groups is 3. The molecule has 1 amide bonds. The van der Waals surface area contributed by atoms with Gasteiger partial charge in [-0.25, -0.2) is 9.59 Å². The topological polar surface area (TPSA) is 72.9 Å². The van der Waals surface area contributed by atoms with Crippen LogP contribution >= 0.6 is 0 Å². The van der Waals surface area contributed by atoms with Gasteiger partial charge in [-0.05, 0) is 73.9 Å². The third-order valence-electron chi connectivity index (χ3n) is 6.85. The van der Waals surface area contributed by atoms with Crippen LogP contribution in [-0.4, -0.2) is 40.9 Å². The summed E-state index contributed by atoms with van der Waals surface area (Å²) in [5.74, 6) is -0.785. The molecule has 0 unspecified atom stereocenters. The second-order valence-corrected chi connectivity index (χ2v) is 10.6.